The van der Waals surface area contributed by atoms with Crippen molar-refractivity contribution in [2.75, 3.05) is 6.54 Å². The van der Waals surface area contributed by atoms with Crippen LogP contribution in [-0.2, 0) is 4.79 Å². The maximum absolute atomic E-state index is 10.6. The molecule has 4 heteroatoms. The molecule has 4 nitrogen and oxygen atoms in total. The fourth-order valence-electron chi connectivity index (χ4n) is 2.12. The van der Waals surface area contributed by atoms with Crippen LogP contribution in [0.25, 0.3) is 0 Å². The van der Waals surface area contributed by atoms with Crippen molar-refractivity contribution >= 4 is 5.97 Å². The summed E-state index contributed by atoms with van der Waals surface area (Å²) in [6.07, 6.45) is 4.79. The molecule has 0 bridgehead atoms. The number of hydrogen-bond acceptors (Lipinski definition) is 3. The molecule has 0 aromatic heterocycles. The lowest BCUT2D eigenvalue weighted by Crippen LogP contribution is -2.44. The SMILES string of the molecule is CC(CC1CCCCN1)NC(C)C(=O)O. The van der Waals surface area contributed by atoms with E-state index in [1.54, 1.807) is 6.92 Å². The average Bonchev–Trinajstić information content (AvgIpc) is 2.18. The molecule has 3 unspecified atom stereocenters. The molecule has 3 atom stereocenters. The third-order valence-corrected chi connectivity index (χ3v) is 2.96. The number of rotatable bonds is 5. The molecule has 0 radical (unpaired) electrons. The van der Waals surface area contributed by atoms with Gasteiger partial charge in [-0.3, -0.25) is 4.79 Å². The number of carbonyl (C=O) groups is 1. The molecule has 1 aliphatic heterocycles. The number of hydrogen-bond donors (Lipinski definition) is 3. The Kier molecular flexibility index (Phi) is 5.05. The summed E-state index contributed by atoms with van der Waals surface area (Å²) in [5.74, 6) is -0.779. The highest BCUT2D eigenvalue weighted by molar-refractivity contribution is 5.72. The van der Waals surface area contributed by atoms with Crippen LogP contribution in [0.1, 0.15) is 39.5 Å². The Morgan fingerprint density at radius 2 is 2.27 bits per heavy atom. The van der Waals surface area contributed by atoms with Crippen molar-refractivity contribution in [3.8, 4) is 0 Å². The fraction of sp³-hybridized carbons (Fsp3) is 0.909. The Hall–Kier alpha value is -0.610. The minimum atomic E-state index is -0.779. The van der Waals surface area contributed by atoms with Crippen molar-refractivity contribution in [3.05, 3.63) is 0 Å². The van der Waals surface area contributed by atoms with E-state index < -0.39 is 12.0 Å². The summed E-state index contributed by atoms with van der Waals surface area (Å²) in [4.78, 5) is 10.6. The number of nitrogens with one attached hydrogen (secondary N) is 2. The van der Waals surface area contributed by atoms with Crippen molar-refractivity contribution in [2.45, 2.75) is 57.7 Å². The van der Waals surface area contributed by atoms with E-state index in [1.165, 1.54) is 19.3 Å². The molecule has 1 rings (SSSR count). The largest absolute Gasteiger partial charge is 0.480 e. The molecule has 0 amide bonds. The monoisotopic (exact) mass is 214 g/mol. The zero-order chi connectivity index (χ0) is 11.3. The third kappa shape index (κ3) is 4.62. The molecule has 1 heterocycles. The van der Waals surface area contributed by atoms with Crippen molar-refractivity contribution in [1.82, 2.24) is 10.6 Å². The summed E-state index contributed by atoms with van der Waals surface area (Å²) >= 11 is 0. The van der Waals surface area contributed by atoms with Gasteiger partial charge in [0.1, 0.15) is 6.04 Å². The van der Waals surface area contributed by atoms with Gasteiger partial charge >= 0.3 is 5.97 Å². The molecule has 1 aliphatic rings. The zero-order valence-electron chi connectivity index (χ0n) is 9.62. The Bertz CT molecular complexity index is 203. The molecule has 0 aromatic rings. The smallest absolute Gasteiger partial charge is 0.320 e. The van der Waals surface area contributed by atoms with E-state index in [0.717, 1.165) is 13.0 Å². The highest BCUT2D eigenvalue weighted by Gasteiger charge is 2.18. The quantitative estimate of drug-likeness (QED) is 0.638. The molecule has 0 saturated carbocycles. The van der Waals surface area contributed by atoms with Crippen molar-refractivity contribution in [1.29, 1.82) is 0 Å². The van der Waals surface area contributed by atoms with E-state index in [2.05, 4.69) is 17.6 Å². The summed E-state index contributed by atoms with van der Waals surface area (Å²) in [6, 6.07) is 0.359. The van der Waals surface area contributed by atoms with Crippen molar-refractivity contribution < 1.29 is 9.90 Å². The zero-order valence-corrected chi connectivity index (χ0v) is 9.62. The van der Waals surface area contributed by atoms with Crippen LogP contribution in [0, 0.1) is 0 Å². The molecule has 3 N–H and O–H groups in total. The van der Waals surface area contributed by atoms with Gasteiger partial charge in [-0.15, -0.1) is 0 Å². The Balaban J connectivity index is 2.22. The predicted octanol–water partition coefficient (Wildman–Crippen LogP) is 0.970. The van der Waals surface area contributed by atoms with Gasteiger partial charge in [-0.05, 0) is 39.7 Å². The Labute approximate surface area is 91.4 Å². The number of aliphatic carboxylic acids is 1. The van der Waals surface area contributed by atoms with E-state index in [-0.39, 0.29) is 6.04 Å². The highest BCUT2D eigenvalue weighted by Crippen LogP contribution is 2.12. The van der Waals surface area contributed by atoms with Crippen LogP contribution >= 0.6 is 0 Å². The Morgan fingerprint density at radius 3 is 2.80 bits per heavy atom. The van der Waals surface area contributed by atoms with Crippen LogP contribution < -0.4 is 10.6 Å². The van der Waals surface area contributed by atoms with Gasteiger partial charge in [-0.2, -0.15) is 0 Å². The maximum atomic E-state index is 10.6. The predicted molar refractivity (Wildman–Crippen MR) is 60.0 cm³/mol. The van der Waals surface area contributed by atoms with Crippen LogP contribution in [0.2, 0.25) is 0 Å². The van der Waals surface area contributed by atoms with Gasteiger partial charge in [0.15, 0.2) is 0 Å². The first-order valence-corrected chi connectivity index (χ1v) is 5.82. The summed E-state index contributed by atoms with van der Waals surface area (Å²) in [7, 11) is 0. The minimum absolute atomic E-state index is 0.256. The lowest BCUT2D eigenvalue weighted by molar-refractivity contribution is -0.139. The topological polar surface area (TPSA) is 61.4 Å². The van der Waals surface area contributed by atoms with E-state index in [0.29, 0.717) is 6.04 Å². The molecular formula is C11H22N2O2. The van der Waals surface area contributed by atoms with Crippen LogP contribution in [0.3, 0.4) is 0 Å². The van der Waals surface area contributed by atoms with E-state index >= 15 is 0 Å². The molecule has 1 saturated heterocycles. The van der Waals surface area contributed by atoms with Gasteiger partial charge in [0.2, 0.25) is 0 Å². The first-order chi connectivity index (χ1) is 7.09. The van der Waals surface area contributed by atoms with Gasteiger partial charge in [0, 0.05) is 12.1 Å². The van der Waals surface area contributed by atoms with Crippen LogP contribution in [0.15, 0.2) is 0 Å². The van der Waals surface area contributed by atoms with Gasteiger partial charge in [0.05, 0.1) is 0 Å². The molecule has 0 aromatic carbocycles. The number of carboxylic acids is 1. The molecule has 0 aliphatic carbocycles. The highest BCUT2D eigenvalue weighted by atomic mass is 16.4. The first-order valence-electron chi connectivity index (χ1n) is 5.82. The average molecular weight is 214 g/mol. The summed E-state index contributed by atoms with van der Waals surface area (Å²) in [6.45, 7) is 4.84. The van der Waals surface area contributed by atoms with E-state index in [9.17, 15) is 4.79 Å². The third-order valence-electron chi connectivity index (χ3n) is 2.96. The Morgan fingerprint density at radius 1 is 1.53 bits per heavy atom. The van der Waals surface area contributed by atoms with Gasteiger partial charge in [0.25, 0.3) is 0 Å². The molecule has 15 heavy (non-hydrogen) atoms. The van der Waals surface area contributed by atoms with Crippen LogP contribution in [0.5, 0.6) is 0 Å². The second-order valence-corrected chi connectivity index (χ2v) is 4.51. The molecule has 0 spiro atoms. The van der Waals surface area contributed by atoms with Gasteiger partial charge < -0.3 is 15.7 Å². The van der Waals surface area contributed by atoms with Gasteiger partial charge in [-0.25, -0.2) is 0 Å². The fourth-order valence-corrected chi connectivity index (χ4v) is 2.12. The summed E-state index contributed by atoms with van der Waals surface area (Å²) < 4.78 is 0. The molecule has 88 valence electrons. The maximum Gasteiger partial charge on any atom is 0.320 e. The normalized spacial score (nSPS) is 25.9. The van der Waals surface area contributed by atoms with Crippen molar-refractivity contribution in [2.24, 2.45) is 0 Å². The number of piperidine rings is 1. The summed E-state index contributed by atoms with van der Waals surface area (Å²) in [5, 5.41) is 15.3. The van der Waals surface area contributed by atoms with Crippen LogP contribution in [0.4, 0.5) is 0 Å². The van der Waals surface area contributed by atoms with E-state index in [4.69, 9.17) is 5.11 Å². The second-order valence-electron chi connectivity index (χ2n) is 4.51. The molecular weight excluding hydrogens is 192 g/mol. The lowest BCUT2D eigenvalue weighted by Gasteiger charge is -2.27. The number of carboxylic acid groups (broad SMARTS) is 1. The van der Waals surface area contributed by atoms with Crippen molar-refractivity contribution in [3.63, 3.8) is 0 Å². The van der Waals surface area contributed by atoms with Gasteiger partial charge in [-0.1, -0.05) is 6.42 Å². The van der Waals surface area contributed by atoms with E-state index in [1.807, 2.05) is 0 Å². The lowest BCUT2D eigenvalue weighted by atomic mass is 9.98. The standard InChI is InChI=1S/C11H22N2O2/c1-8(13-9(2)11(14)15)7-10-5-3-4-6-12-10/h8-10,12-13H,3-7H2,1-2H3,(H,14,15). The second kappa shape index (κ2) is 6.08. The minimum Gasteiger partial charge on any atom is -0.480 e. The molecule has 1 fully saturated rings. The van der Waals surface area contributed by atoms with Crippen LogP contribution in [-0.4, -0.2) is 35.7 Å². The summed E-state index contributed by atoms with van der Waals surface area (Å²) in [5.41, 5.74) is 0. The first kappa shape index (κ1) is 12.5.